The summed E-state index contributed by atoms with van der Waals surface area (Å²) in [4.78, 5) is 4.09. The van der Waals surface area contributed by atoms with Gasteiger partial charge < -0.3 is 9.73 Å². The van der Waals surface area contributed by atoms with E-state index in [4.69, 9.17) is 4.42 Å². The maximum atomic E-state index is 13.9. The molecule has 0 saturated heterocycles. The van der Waals surface area contributed by atoms with Crippen LogP contribution in [0.25, 0.3) is 10.9 Å². The molecule has 2 heterocycles. The maximum absolute atomic E-state index is 13.9. The topological polar surface area (TPSA) is 38.1 Å². The lowest BCUT2D eigenvalue weighted by atomic mass is 10.1. The van der Waals surface area contributed by atoms with Gasteiger partial charge in [-0.05, 0) is 44.2 Å². The van der Waals surface area contributed by atoms with Crippen LogP contribution in [0.2, 0.25) is 0 Å². The van der Waals surface area contributed by atoms with Crippen LogP contribution in [-0.2, 0) is 0 Å². The number of nitrogens with one attached hydrogen (secondary N) is 1. The van der Waals surface area contributed by atoms with Crippen molar-refractivity contribution in [2.45, 2.75) is 19.9 Å². The Morgan fingerprint density at radius 1 is 1.24 bits per heavy atom. The van der Waals surface area contributed by atoms with Gasteiger partial charge in [-0.2, -0.15) is 0 Å². The third kappa shape index (κ3) is 2.46. The third-order valence-corrected chi connectivity index (χ3v) is 3.34. The number of hydrogen-bond acceptors (Lipinski definition) is 3. The first-order valence-electron chi connectivity index (χ1n) is 6.61. The van der Waals surface area contributed by atoms with E-state index in [9.17, 15) is 8.78 Å². The van der Waals surface area contributed by atoms with Crippen molar-refractivity contribution in [2.75, 3.05) is 5.32 Å². The van der Waals surface area contributed by atoms with Gasteiger partial charge in [0.25, 0.3) is 0 Å². The summed E-state index contributed by atoms with van der Waals surface area (Å²) in [7, 11) is 0. The Bertz CT molecular complexity index is 785. The molecule has 1 N–H and O–H groups in total. The van der Waals surface area contributed by atoms with E-state index in [1.165, 1.54) is 6.07 Å². The number of furan rings is 1. The maximum Gasteiger partial charge on any atom is 0.185 e. The molecule has 0 radical (unpaired) electrons. The number of benzene rings is 1. The van der Waals surface area contributed by atoms with Gasteiger partial charge in [0.05, 0.1) is 12.3 Å². The Morgan fingerprint density at radius 3 is 2.76 bits per heavy atom. The molecule has 3 nitrogen and oxygen atoms in total. The number of halogens is 2. The smallest absolute Gasteiger partial charge is 0.185 e. The highest BCUT2D eigenvalue weighted by atomic mass is 19.2. The quantitative estimate of drug-likeness (QED) is 0.766. The molecule has 0 aliphatic carbocycles. The first kappa shape index (κ1) is 13.5. The van der Waals surface area contributed by atoms with Crippen LogP contribution in [0.4, 0.5) is 14.5 Å². The lowest BCUT2D eigenvalue weighted by Crippen LogP contribution is -2.07. The Labute approximate surface area is 120 Å². The van der Waals surface area contributed by atoms with Crippen molar-refractivity contribution in [3.05, 3.63) is 59.7 Å². The van der Waals surface area contributed by atoms with E-state index in [1.54, 1.807) is 25.3 Å². The molecule has 108 valence electrons. The fraction of sp³-hybridized carbons (Fsp3) is 0.188. The van der Waals surface area contributed by atoms with Crippen molar-refractivity contribution in [2.24, 2.45) is 0 Å². The van der Waals surface area contributed by atoms with E-state index in [0.29, 0.717) is 16.8 Å². The standard InChI is InChI=1S/C16H14F2N2O/c1-9-8-13(20-10(2)14-4-3-7-21-14)11-5-6-12(17)15(18)16(11)19-9/h3-8,10H,1-2H3,(H,19,20). The molecule has 0 saturated carbocycles. The van der Waals surface area contributed by atoms with Crippen molar-refractivity contribution < 1.29 is 13.2 Å². The predicted octanol–water partition coefficient (Wildman–Crippen LogP) is 4.59. The van der Waals surface area contributed by atoms with E-state index >= 15 is 0 Å². The van der Waals surface area contributed by atoms with Crippen LogP contribution >= 0.6 is 0 Å². The van der Waals surface area contributed by atoms with Gasteiger partial charge in [0, 0.05) is 16.8 Å². The molecule has 1 aromatic carbocycles. The number of anilines is 1. The largest absolute Gasteiger partial charge is 0.467 e. The summed E-state index contributed by atoms with van der Waals surface area (Å²) in [5.41, 5.74) is 1.34. The van der Waals surface area contributed by atoms with E-state index in [1.807, 2.05) is 13.0 Å². The van der Waals surface area contributed by atoms with Gasteiger partial charge >= 0.3 is 0 Å². The molecule has 0 aliphatic heterocycles. The van der Waals surface area contributed by atoms with Crippen molar-refractivity contribution in [1.82, 2.24) is 4.98 Å². The normalized spacial score (nSPS) is 12.6. The number of rotatable bonds is 3. The number of fused-ring (bicyclic) bond motifs is 1. The molecular formula is C16H14F2N2O. The zero-order chi connectivity index (χ0) is 15.0. The molecule has 0 aliphatic rings. The number of pyridine rings is 1. The number of nitrogens with zero attached hydrogens (tertiary/aromatic N) is 1. The molecule has 3 aromatic rings. The first-order valence-corrected chi connectivity index (χ1v) is 6.61. The number of aromatic nitrogens is 1. The lowest BCUT2D eigenvalue weighted by Gasteiger charge is -2.16. The Kier molecular flexibility index (Phi) is 3.33. The number of hydrogen-bond donors (Lipinski definition) is 1. The second kappa shape index (κ2) is 5.16. The SMILES string of the molecule is Cc1cc(NC(C)c2ccco2)c2ccc(F)c(F)c2n1. The molecule has 1 atom stereocenters. The van der Waals surface area contributed by atoms with Gasteiger partial charge in [0.2, 0.25) is 0 Å². The molecule has 0 bridgehead atoms. The highest BCUT2D eigenvalue weighted by molar-refractivity contribution is 5.92. The Hall–Kier alpha value is -2.43. The van der Waals surface area contributed by atoms with Crippen LogP contribution in [0, 0.1) is 18.6 Å². The third-order valence-electron chi connectivity index (χ3n) is 3.34. The second-order valence-corrected chi connectivity index (χ2v) is 4.95. The summed E-state index contributed by atoms with van der Waals surface area (Å²) in [5.74, 6) is -1.06. The lowest BCUT2D eigenvalue weighted by molar-refractivity contribution is 0.490. The molecule has 21 heavy (non-hydrogen) atoms. The summed E-state index contributed by atoms with van der Waals surface area (Å²) in [6.45, 7) is 3.67. The van der Waals surface area contributed by atoms with Crippen LogP contribution in [0.1, 0.15) is 24.4 Å². The second-order valence-electron chi connectivity index (χ2n) is 4.95. The Balaban J connectivity index is 2.08. The average Bonchev–Trinajstić information content (AvgIpc) is 2.97. The Morgan fingerprint density at radius 2 is 2.05 bits per heavy atom. The summed E-state index contributed by atoms with van der Waals surface area (Å²) < 4.78 is 32.6. The summed E-state index contributed by atoms with van der Waals surface area (Å²) in [6, 6.07) is 8.00. The van der Waals surface area contributed by atoms with Crippen LogP contribution in [-0.4, -0.2) is 4.98 Å². The monoisotopic (exact) mass is 288 g/mol. The molecule has 2 aromatic heterocycles. The first-order chi connectivity index (χ1) is 10.1. The van der Waals surface area contributed by atoms with Crippen molar-refractivity contribution in [3.63, 3.8) is 0 Å². The van der Waals surface area contributed by atoms with Gasteiger partial charge in [-0.25, -0.2) is 13.8 Å². The zero-order valence-corrected chi connectivity index (χ0v) is 11.7. The molecule has 1 unspecified atom stereocenters. The number of aryl methyl sites for hydroxylation is 1. The molecular weight excluding hydrogens is 274 g/mol. The summed E-state index contributed by atoms with van der Waals surface area (Å²) >= 11 is 0. The van der Waals surface area contributed by atoms with E-state index in [0.717, 1.165) is 11.8 Å². The molecule has 0 spiro atoms. The van der Waals surface area contributed by atoms with Crippen LogP contribution in [0.5, 0.6) is 0 Å². The molecule has 0 fully saturated rings. The minimum absolute atomic E-state index is 0.0316. The van der Waals surface area contributed by atoms with Gasteiger partial charge in [0.1, 0.15) is 11.3 Å². The van der Waals surface area contributed by atoms with E-state index in [-0.39, 0.29) is 11.6 Å². The molecule has 0 amide bonds. The van der Waals surface area contributed by atoms with E-state index in [2.05, 4.69) is 10.3 Å². The summed E-state index contributed by atoms with van der Waals surface area (Å²) in [6.07, 6.45) is 1.60. The van der Waals surface area contributed by atoms with E-state index < -0.39 is 11.6 Å². The minimum atomic E-state index is -0.926. The van der Waals surface area contributed by atoms with Gasteiger partial charge in [-0.15, -0.1) is 0 Å². The van der Waals surface area contributed by atoms with Gasteiger partial charge in [-0.3, -0.25) is 0 Å². The van der Waals surface area contributed by atoms with Crippen molar-refractivity contribution in [3.8, 4) is 0 Å². The molecule has 5 heteroatoms. The van der Waals surface area contributed by atoms with Crippen molar-refractivity contribution >= 4 is 16.6 Å². The highest BCUT2D eigenvalue weighted by Gasteiger charge is 2.15. The minimum Gasteiger partial charge on any atom is -0.467 e. The van der Waals surface area contributed by atoms with Crippen LogP contribution in [0.3, 0.4) is 0 Å². The average molecular weight is 288 g/mol. The van der Waals surface area contributed by atoms with Gasteiger partial charge in [-0.1, -0.05) is 0 Å². The molecule has 3 rings (SSSR count). The van der Waals surface area contributed by atoms with Gasteiger partial charge in [0.15, 0.2) is 11.6 Å². The highest BCUT2D eigenvalue weighted by Crippen LogP contribution is 2.29. The zero-order valence-electron chi connectivity index (χ0n) is 11.7. The van der Waals surface area contributed by atoms with Crippen LogP contribution in [0.15, 0.2) is 41.0 Å². The summed E-state index contributed by atoms with van der Waals surface area (Å²) in [5, 5.41) is 3.79. The van der Waals surface area contributed by atoms with Crippen LogP contribution < -0.4 is 5.32 Å². The fourth-order valence-electron chi connectivity index (χ4n) is 2.32. The predicted molar refractivity (Wildman–Crippen MR) is 77.1 cm³/mol. The van der Waals surface area contributed by atoms with Crippen molar-refractivity contribution in [1.29, 1.82) is 0 Å². The fourth-order valence-corrected chi connectivity index (χ4v) is 2.32.